The molecule has 1 amide bonds. The maximum atomic E-state index is 13.3. The van der Waals surface area contributed by atoms with Crippen LogP contribution in [0.4, 0.5) is 0 Å². The highest BCUT2D eigenvalue weighted by atomic mass is 16.3. The van der Waals surface area contributed by atoms with Crippen molar-refractivity contribution >= 4 is 16.9 Å². The molecule has 4 nitrogen and oxygen atoms in total. The molecule has 2 aromatic carbocycles. The largest absolute Gasteiger partial charge is 0.455 e. The summed E-state index contributed by atoms with van der Waals surface area (Å²) in [4.78, 5) is 28.1. The number of amides is 1. The third kappa shape index (κ3) is 3.24. The summed E-state index contributed by atoms with van der Waals surface area (Å²) in [6, 6.07) is 15.1. The molecule has 1 saturated carbocycles. The Bertz CT molecular complexity index is 1060. The molecule has 0 radical (unpaired) electrons. The molecule has 0 atom stereocenters. The fourth-order valence-corrected chi connectivity index (χ4v) is 4.17. The van der Waals surface area contributed by atoms with E-state index >= 15 is 0 Å². The number of rotatable bonds is 3. The lowest BCUT2D eigenvalue weighted by molar-refractivity contribution is 0.0697. The van der Waals surface area contributed by atoms with Crippen LogP contribution >= 0.6 is 0 Å². The topological polar surface area (TPSA) is 50.5 Å². The zero-order chi connectivity index (χ0) is 19.7. The van der Waals surface area contributed by atoms with E-state index in [-0.39, 0.29) is 17.4 Å². The molecule has 1 aliphatic carbocycles. The normalized spacial score (nSPS) is 14.9. The molecular formula is C24H25NO3. The SMILES string of the molecule is Cc1c(-c2ccccc2)oc2c(C(=O)N(C)C3CCCCC3)cccc2c1=O. The second-order valence-electron chi connectivity index (χ2n) is 7.64. The van der Waals surface area contributed by atoms with Gasteiger partial charge in [-0.25, -0.2) is 0 Å². The van der Waals surface area contributed by atoms with Crippen LogP contribution in [0.1, 0.15) is 48.0 Å². The number of nitrogens with zero attached hydrogens (tertiary/aromatic N) is 1. The van der Waals surface area contributed by atoms with Crippen LogP contribution in [0.25, 0.3) is 22.3 Å². The van der Waals surface area contributed by atoms with E-state index in [2.05, 4.69) is 0 Å². The van der Waals surface area contributed by atoms with Gasteiger partial charge in [-0.15, -0.1) is 0 Å². The number of hydrogen-bond acceptors (Lipinski definition) is 3. The second-order valence-corrected chi connectivity index (χ2v) is 7.64. The Hall–Kier alpha value is -2.88. The van der Waals surface area contributed by atoms with E-state index in [0.29, 0.717) is 27.9 Å². The van der Waals surface area contributed by atoms with Crippen molar-refractivity contribution < 1.29 is 9.21 Å². The van der Waals surface area contributed by atoms with Crippen molar-refractivity contribution in [3.8, 4) is 11.3 Å². The van der Waals surface area contributed by atoms with E-state index in [0.717, 1.165) is 31.2 Å². The van der Waals surface area contributed by atoms with E-state index in [4.69, 9.17) is 4.42 Å². The first-order valence-corrected chi connectivity index (χ1v) is 9.97. The van der Waals surface area contributed by atoms with Gasteiger partial charge in [0.2, 0.25) is 0 Å². The van der Waals surface area contributed by atoms with Crippen LogP contribution in [0.3, 0.4) is 0 Å². The van der Waals surface area contributed by atoms with E-state index < -0.39 is 0 Å². The van der Waals surface area contributed by atoms with Gasteiger partial charge in [0.25, 0.3) is 5.91 Å². The van der Waals surface area contributed by atoms with Crippen LogP contribution in [-0.4, -0.2) is 23.9 Å². The van der Waals surface area contributed by atoms with Gasteiger partial charge in [0.05, 0.1) is 10.9 Å². The van der Waals surface area contributed by atoms with E-state index in [1.54, 1.807) is 25.1 Å². The predicted molar refractivity (Wildman–Crippen MR) is 112 cm³/mol. The number of para-hydroxylation sites is 1. The smallest absolute Gasteiger partial charge is 0.257 e. The summed E-state index contributed by atoms with van der Waals surface area (Å²) in [5.41, 5.74) is 2.14. The molecule has 1 aromatic heterocycles. The van der Waals surface area contributed by atoms with Crippen molar-refractivity contribution in [1.29, 1.82) is 0 Å². The number of hydrogen-bond donors (Lipinski definition) is 0. The van der Waals surface area contributed by atoms with Crippen molar-refractivity contribution in [1.82, 2.24) is 4.90 Å². The molecule has 3 aromatic rings. The zero-order valence-electron chi connectivity index (χ0n) is 16.4. The first-order valence-electron chi connectivity index (χ1n) is 9.97. The van der Waals surface area contributed by atoms with Gasteiger partial charge in [0.15, 0.2) is 11.0 Å². The molecule has 0 bridgehead atoms. The Morgan fingerprint density at radius 3 is 2.43 bits per heavy atom. The number of carbonyl (C=O) groups is 1. The molecular weight excluding hydrogens is 350 g/mol. The van der Waals surface area contributed by atoms with Crippen molar-refractivity contribution in [2.45, 2.75) is 45.1 Å². The van der Waals surface area contributed by atoms with Crippen LogP contribution in [-0.2, 0) is 0 Å². The molecule has 1 aliphatic rings. The van der Waals surface area contributed by atoms with E-state index in [1.165, 1.54) is 6.42 Å². The van der Waals surface area contributed by atoms with E-state index in [9.17, 15) is 9.59 Å². The summed E-state index contributed by atoms with van der Waals surface area (Å²) in [5.74, 6) is 0.446. The van der Waals surface area contributed by atoms with Gasteiger partial charge < -0.3 is 9.32 Å². The first kappa shape index (κ1) is 18.5. The molecule has 0 aliphatic heterocycles. The molecule has 1 fully saturated rings. The lowest BCUT2D eigenvalue weighted by Gasteiger charge is -2.31. The van der Waals surface area contributed by atoms with Crippen molar-refractivity contribution in [2.24, 2.45) is 0 Å². The van der Waals surface area contributed by atoms with Crippen LogP contribution < -0.4 is 5.43 Å². The highest BCUT2D eigenvalue weighted by Gasteiger charge is 2.26. The highest BCUT2D eigenvalue weighted by molar-refractivity contribution is 6.05. The Balaban J connectivity index is 1.84. The minimum Gasteiger partial charge on any atom is -0.455 e. The number of fused-ring (bicyclic) bond motifs is 1. The van der Waals surface area contributed by atoms with Gasteiger partial charge in [-0.2, -0.15) is 0 Å². The summed E-state index contributed by atoms with van der Waals surface area (Å²) in [5, 5.41) is 0.458. The maximum absolute atomic E-state index is 13.3. The van der Waals surface area contributed by atoms with Crippen molar-refractivity contribution in [2.75, 3.05) is 7.05 Å². The summed E-state index contributed by atoms with van der Waals surface area (Å²) in [7, 11) is 1.86. The molecule has 4 rings (SSSR count). The summed E-state index contributed by atoms with van der Waals surface area (Å²) in [6.45, 7) is 1.77. The zero-order valence-corrected chi connectivity index (χ0v) is 16.4. The lowest BCUT2D eigenvalue weighted by Crippen LogP contribution is -2.38. The van der Waals surface area contributed by atoms with E-state index in [1.807, 2.05) is 42.3 Å². The first-order chi connectivity index (χ1) is 13.6. The van der Waals surface area contributed by atoms with Crippen LogP contribution in [0, 0.1) is 6.92 Å². The van der Waals surface area contributed by atoms with Gasteiger partial charge in [-0.05, 0) is 31.9 Å². The quantitative estimate of drug-likeness (QED) is 0.634. The van der Waals surface area contributed by atoms with Gasteiger partial charge in [0.1, 0.15) is 5.76 Å². The van der Waals surface area contributed by atoms with Crippen LogP contribution in [0.15, 0.2) is 57.7 Å². The fourth-order valence-electron chi connectivity index (χ4n) is 4.17. The van der Waals surface area contributed by atoms with Gasteiger partial charge in [-0.1, -0.05) is 55.7 Å². The molecule has 0 spiro atoms. The summed E-state index contributed by atoms with van der Waals surface area (Å²) >= 11 is 0. The molecule has 28 heavy (non-hydrogen) atoms. The lowest BCUT2D eigenvalue weighted by atomic mass is 9.94. The third-order valence-corrected chi connectivity index (χ3v) is 5.85. The molecule has 0 saturated heterocycles. The van der Waals surface area contributed by atoms with Gasteiger partial charge in [-0.3, -0.25) is 9.59 Å². The predicted octanol–water partition coefficient (Wildman–Crippen LogP) is 5.17. The second kappa shape index (κ2) is 7.63. The fraction of sp³-hybridized carbons (Fsp3) is 0.333. The average molecular weight is 375 g/mol. The Morgan fingerprint density at radius 2 is 1.71 bits per heavy atom. The summed E-state index contributed by atoms with van der Waals surface area (Å²) in [6.07, 6.45) is 5.62. The van der Waals surface area contributed by atoms with Gasteiger partial charge in [0, 0.05) is 24.2 Å². The molecule has 0 unspecified atom stereocenters. The Morgan fingerprint density at radius 1 is 1.00 bits per heavy atom. The van der Waals surface area contributed by atoms with Crippen LogP contribution in [0.2, 0.25) is 0 Å². The van der Waals surface area contributed by atoms with Gasteiger partial charge >= 0.3 is 0 Å². The minimum atomic E-state index is -0.0879. The molecule has 144 valence electrons. The molecule has 4 heteroatoms. The average Bonchev–Trinajstić information content (AvgIpc) is 2.76. The maximum Gasteiger partial charge on any atom is 0.257 e. The molecule has 1 heterocycles. The Labute approximate surface area is 164 Å². The molecule has 0 N–H and O–H groups in total. The van der Waals surface area contributed by atoms with Crippen LogP contribution in [0.5, 0.6) is 0 Å². The van der Waals surface area contributed by atoms with Crippen molar-refractivity contribution in [3.05, 3.63) is 69.9 Å². The Kier molecular flexibility index (Phi) is 5.03. The standard InChI is InChI=1S/C24H25NO3/c1-16-21(26)19-14-9-15-20(24(27)25(2)18-12-7-4-8-13-18)23(19)28-22(16)17-10-5-3-6-11-17/h3,5-6,9-11,14-15,18H,4,7-8,12-13H2,1-2H3. The minimum absolute atomic E-state index is 0.0801. The number of benzene rings is 2. The monoisotopic (exact) mass is 375 g/mol. The summed E-state index contributed by atoms with van der Waals surface area (Å²) < 4.78 is 6.20. The van der Waals surface area contributed by atoms with Crippen molar-refractivity contribution in [3.63, 3.8) is 0 Å². The number of carbonyl (C=O) groups excluding carboxylic acids is 1. The third-order valence-electron chi connectivity index (χ3n) is 5.85. The highest BCUT2D eigenvalue weighted by Crippen LogP contribution is 2.29.